The van der Waals surface area contributed by atoms with Crippen molar-refractivity contribution < 1.29 is 10.0 Å². The van der Waals surface area contributed by atoms with Crippen LogP contribution in [-0.4, -0.2) is 26.7 Å². The highest BCUT2D eigenvalue weighted by Crippen LogP contribution is 2.01. The van der Waals surface area contributed by atoms with Gasteiger partial charge in [-0.25, -0.2) is 4.98 Å². The van der Waals surface area contributed by atoms with Crippen molar-refractivity contribution in [2.45, 2.75) is 0 Å². The Labute approximate surface area is 63.2 Å². The third-order valence-electron chi connectivity index (χ3n) is 1.20. The summed E-state index contributed by atoms with van der Waals surface area (Å²) >= 11 is 5.55. The van der Waals surface area contributed by atoms with E-state index in [1.807, 2.05) is 0 Å². The summed E-state index contributed by atoms with van der Waals surface area (Å²) in [6.45, 7) is 0. The number of halogens is 1. The Morgan fingerprint density at radius 3 is 2.50 bits per heavy atom. The van der Waals surface area contributed by atoms with Crippen LogP contribution in [0.4, 0.5) is 0 Å². The van der Waals surface area contributed by atoms with Gasteiger partial charge in [-0.3, -0.25) is 0 Å². The molecule has 0 atom stereocenters. The lowest BCUT2D eigenvalue weighted by Gasteiger charge is -1.98. The van der Waals surface area contributed by atoms with Crippen molar-refractivity contribution in [1.82, 2.24) is 9.55 Å². The summed E-state index contributed by atoms with van der Waals surface area (Å²) in [6, 6.07) is 0. The zero-order valence-electron chi connectivity index (χ0n) is 5.32. The maximum Gasteiger partial charge on any atom is 0.526 e. The quantitative estimate of drug-likeness (QED) is 0.505. The van der Waals surface area contributed by atoms with Gasteiger partial charge in [0, 0.05) is 7.05 Å². The molecule has 1 aromatic heterocycles. The Bertz CT molecular complexity index is 237. The first-order chi connectivity index (χ1) is 4.63. The SMILES string of the molecule is Cn1c(Cl)cnc1B(O)O. The number of hydrogen-bond donors (Lipinski definition) is 2. The Morgan fingerprint density at radius 2 is 2.30 bits per heavy atom. The molecule has 0 fully saturated rings. The van der Waals surface area contributed by atoms with Crippen LogP contribution < -0.4 is 5.72 Å². The van der Waals surface area contributed by atoms with Crippen molar-refractivity contribution in [2.24, 2.45) is 7.05 Å². The minimum atomic E-state index is -1.56. The van der Waals surface area contributed by atoms with E-state index in [0.717, 1.165) is 0 Å². The maximum atomic E-state index is 8.63. The molecular formula is C4H6BClN2O2. The van der Waals surface area contributed by atoms with Gasteiger partial charge in [-0.2, -0.15) is 0 Å². The second-order valence-electron chi connectivity index (χ2n) is 1.87. The molecule has 0 bridgehead atoms. The summed E-state index contributed by atoms with van der Waals surface area (Å²) in [4.78, 5) is 3.65. The van der Waals surface area contributed by atoms with Gasteiger partial charge in [-0.15, -0.1) is 0 Å². The van der Waals surface area contributed by atoms with Gasteiger partial charge in [0.2, 0.25) is 0 Å². The number of aromatic nitrogens is 2. The molecule has 1 rings (SSSR count). The lowest BCUT2D eigenvalue weighted by atomic mass is 9.91. The molecule has 0 spiro atoms. The van der Waals surface area contributed by atoms with Crippen molar-refractivity contribution in [3.05, 3.63) is 11.3 Å². The first kappa shape index (κ1) is 7.59. The second-order valence-corrected chi connectivity index (χ2v) is 2.26. The van der Waals surface area contributed by atoms with Gasteiger partial charge in [0.1, 0.15) is 10.9 Å². The molecule has 0 saturated carbocycles. The van der Waals surface area contributed by atoms with Crippen LogP contribution in [0, 0.1) is 0 Å². The first-order valence-corrected chi connectivity index (χ1v) is 3.04. The van der Waals surface area contributed by atoms with Gasteiger partial charge in [-0.05, 0) is 0 Å². The van der Waals surface area contributed by atoms with Gasteiger partial charge >= 0.3 is 7.12 Å². The van der Waals surface area contributed by atoms with Gasteiger partial charge in [0.15, 0.2) is 0 Å². The van der Waals surface area contributed by atoms with Crippen LogP contribution in [0.3, 0.4) is 0 Å². The molecule has 1 aromatic rings. The van der Waals surface area contributed by atoms with E-state index in [-0.39, 0.29) is 5.72 Å². The van der Waals surface area contributed by atoms with Gasteiger partial charge < -0.3 is 14.6 Å². The van der Waals surface area contributed by atoms with Crippen molar-refractivity contribution >= 4 is 24.4 Å². The molecule has 6 heteroatoms. The van der Waals surface area contributed by atoms with Crippen LogP contribution in [0.25, 0.3) is 0 Å². The smallest absolute Gasteiger partial charge is 0.421 e. The lowest BCUT2D eigenvalue weighted by molar-refractivity contribution is 0.421. The van der Waals surface area contributed by atoms with Gasteiger partial charge in [0.05, 0.1) is 6.20 Å². The van der Waals surface area contributed by atoms with Gasteiger partial charge in [-0.1, -0.05) is 11.6 Å². The van der Waals surface area contributed by atoms with Crippen LogP contribution >= 0.6 is 11.6 Å². The molecule has 2 N–H and O–H groups in total. The lowest BCUT2D eigenvalue weighted by Crippen LogP contribution is -2.37. The zero-order chi connectivity index (χ0) is 7.72. The predicted molar refractivity (Wildman–Crippen MR) is 38.0 cm³/mol. The molecule has 54 valence electrons. The zero-order valence-corrected chi connectivity index (χ0v) is 6.08. The van der Waals surface area contributed by atoms with Gasteiger partial charge in [0.25, 0.3) is 0 Å². The normalized spacial score (nSPS) is 10.0. The van der Waals surface area contributed by atoms with E-state index in [1.54, 1.807) is 7.05 Å². The highest BCUT2D eigenvalue weighted by Gasteiger charge is 2.17. The molecule has 1 heterocycles. The predicted octanol–water partition coefficient (Wildman–Crippen LogP) is -1.25. The fourth-order valence-corrected chi connectivity index (χ4v) is 0.777. The van der Waals surface area contributed by atoms with Crippen LogP contribution in [0.1, 0.15) is 0 Å². The summed E-state index contributed by atoms with van der Waals surface area (Å²) in [6.07, 6.45) is 1.36. The minimum Gasteiger partial charge on any atom is -0.421 e. The van der Waals surface area contributed by atoms with Crippen LogP contribution in [0.2, 0.25) is 5.15 Å². The number of nitrogens with zero attached hydrogens (tertiary/aromatic N) is 2. The summed E-state index contributed by atoms with van der Waals surface area (Å²) in [5, 5.41) is 17.6. The molecule has 0 unspecified atom stereocenters. The molecule has 0 saturated heterocycles. The third kappa shape index (κ3) is 1.16. The molecule has 0 aliphatic rings. The van der Waals surface area contributed by atoms with Crippen molar-refractivity contribution in [1.29, 1.82) is 0 Å². The summed E-state index contributed by atoms with van der Waals surface area (Å²) in [5.74, 6) is 0. The van der Waals surface area contributed by atoms with E-state index in [9.17, 15) is 0 Å². The topological polar surface area (TPSA) is 58.3 Å². The number of rotatable bonds is 1. The molecule has 0 radical (unpaired) electrons. The Hall–Kier alpha value is -0.515. The van der Waals surface area contributed by atoms with E-state index >= 15 is 0 Å². The average Bonchev–Trinajstić information content (AvgIpc) is 2.14. The van der Waals surface area contributed by atoms with Crippen molar-refractivity contribution in [3.8, 4) is 0 Å². The van der Waals surface area contributed by atoms with E-state index in [0.29, 0.717) is 5.15 Å². The minimum absolute atomic E-state index is 0.144. The molecular weight excluding hydrogens is 154 g/mol. The van der Waals surface area contributed by atoms with E-state index < -0.39 is 7.12 Å². The van der Waals surface area contributed by atoms with Crippen molar-refractivity contribution in [3.63, 3.8) is 0 Å². The molecule has 0 aliphatic carbocycles. The molecule has 0 aliphatic heterocycles. The maximum absolute atomic E-state index is 8.63. The fraction of sp³-hybridized carbons (Fsp3) is 0.250. The third-order valence-corrected chi connectivity index (χ3v) is 1.55. The molecule has 0 aromatic carbocycles. The van der Waals surface area contributed by atoms with Crippen LogP contribution in [-0.2, 0) is 7.05 Å². The summed E-state index contributed by atoms with van der Waals surface area (Å²) in [5.41, 5.74) is 0.144. The van der Waals surface area contributed by atoms with Crippen LogP contribution in [0.15, 0.2) is 6.20 Å². The summed E-state index contributed by atoms with van der Waals surface area (Å²) < 4.78 is 1.40. The van der Waals surface area contributed by atoms with E-state index in [1.165, 1.54) is 10.8 Å². The number of imidazole rings is 1. The highest BCUT2D eigenvalue weighted by atomic mass is 35.5. The summed E-state index contributed by atoms with van der Waals surface area (Å²) in [7, 11) is 0.0434. The average molecular weight is 160 g/mol. The standard InChI is InChI=1S/C4H6BClN2O2/c1-8-3(6)2-7-4(8)5(9)10/h2,9-10H,1H3. The van der Waals surface area contributed by atoms with E-state index in [4.69, 9.17) is 21.6 Å². The molecule has 4 nitrogen and oxygen atoms in total. The first-order valence-electron chi connectivity index (χ1n) is 2.66. The van der Waals surface area contributed by atoms with Crippen LogP contribution in [0.5, 0.6) is 0 Å². The second kappa shape index (κ2) is 2.61. The van der Waals surface area contributed by atoms with Crippen molar-refractivity contribution in [2.75, 3.05) is 0 Å². The Morgan fingerprint density at radius 1 is 1.70 bits per heavy atom. The fourth-order valence-electron chi connectivity index (χ4n) is 0.642. The monoisotopic (exact) mass is 160 g/mol. The highest BCUT2D eigenvalue weighted by molar-refractivity contribution is 6.57. The molecule has 10 heavy (non-hydrogen) atoms. The Balaban J connectivity index is 3.05. The molecule has 0 amide bonds. The Kier molecular flexibility index (Phi) is 1.98. The van der Waals surface area contributed by atoms with E-state index in [2.05, 4.69) is 4.98 Å². The number of hydrogen-bond acceptors (Lipinski definition) is 3. The largest absolute Gasteiger partial charge is 0.526 e.